The standard InChI is InChI=1S/C12H10N4O/c1-8-7-10(15-14-8)12-13-11(16-17-12)9-5-3-2-4-6-9/h2-7H,1H3,(H,14,15). The molecule has 5 nitrogen and oxygen atoms in total. The largest absolute Gasteiger partial charge is 0.332 e. The van der Waals surface area contributed by atoms with Crippen LogP contribution in [0, 0.1) is 6.92 Å². The van der Waals surface area contributed by atoms with Crippen LogP contribution in [-0.4, -0.2) is 20.3 Å². The molecule has 1 N–H and O–H groups in total. The Bertz CT molecular complexity index is 627. The molecule has 1 aromatic carbocycles. The highest BCUT2D eigenvalue weighted by molar-refractivity contribution is 5.57. The quantitative estimate of drug-likeness (QED) is 0.728. The topological polar surface area (TPSA) is 67.6 Å². The van der Waals surface area contributed by atoms with Crippen molar-refractivity contribution in [2.45, 2.75) is 6.92 Å². The van der Waals surface area contributed by atoms with E-state index in [1.165, 1.54) is 0 Å². The molecule has 0 saturated heterocycles. The number of aryl methyl sites for hydroxylation is 1. The maximum Gasteiger partial charge on any atom is 0.278 e. The summed E-state index contributed by atoms with van der Waals surface area (Å²) >= 11 is 0. The second-order valence-corrected chi connectivity index (χ2v) is 3.73. The highest BCUT2D eigenvalue weighted by Gasteiger charge is 2.12. The van der Waals surface area contributed by atoms with Crippen molar-refractivity contribution in [3.05, 3.63) is 42.1 Å². The Morgan fingerprint density at radius 2 is 2.00 bits per heavy atom. The average Bonchev–Trinajstić information content (AvgIpc) is 2.98. The van der Waals surface area contributed by atoms with Crippen LogP contribution in [0.1, 0.15) is 5.69 Å². The minimum absolute atomic E-state index is 0.424. The molecule has 3 aromatic rings. The van der Waals surface area contributed by atoms with E-state index in [1.807, 2.05) is 43.3 Å². The summed E-state index contributed by atoms with van der Waals surface area (Å²) in [7, 11) is 0. The van der Waals surface area contributed by atoms with Crippen molar-refractivity contribution in [2.75, 3.05) is 0 Å². The SMILES string of the molecule is Cc1cc(-c2nc(-c3ccccc3)no2)n[nH]1. The summed E-state index contributed by atoms with van der Waals surface area (Å²) in [6.45, 7) is 1.92. The summed E-state index contributed by atoms with van der Waals surface area (Å²) in [5.74, 6) is 0.995. The van der Waals surface area contributed by atoms with E-state index in [-0.39, 0.29) is 0 Å². The van der Waals surface area contributed by atoms with E-state index in [0.29, 0.717) is 17.4 Å². The van der Waals surface area contributed by atoms with E-state index in [0.717, 1.165) is 11.3 Å². The summed E-state index contributed by atoms with van der Waals surface area (Å²) < 4.78 is 5.17. The monoisotopic (exact) mass is 226 g/mol. The maximum atomic E-state index is 5.17. The van der Waals surface area contributed by atoms with Crippen molar-refractivity contribution in [3.63, 3.8) is 0 Å². The maximum absolute atomic E-state index is 5.17. The summed E-state index contributed by atoms with van der Waals surface area (Å²) in [6.07, 6.45) is 0. The Kier molecular flexibility index (Phi) is 2.22. The van der Waals surface area contributed by atoms with Gasteiger partial charge in [0.25, 0.3) is 5.89 Å². The van der Waals surface area contributed by atoms with Crippen LogP contribution in [0.2, 0.25) is 0 Å². The highest BCUT2D eigenvalue weighted by Crippen LogP contribution is 2.20. The molecule has 84 valence electrons. The number of aromatic amines is 1. The summed E-state index contributed by atoms with van der Waals surface area (Å²) in [4.78, 5) is 4.30. The van der Waals surface area contributed by atoms with Gasteiger partial charge < -0.3 is 4.52 Å². The molecule has 0 amide bonds. The molecule has 0 radical (unpaired) electrons. The van der Waals surface area contributed by atoms with E-state index in [4.69, 9.17) is 4.52 Å². The molecule has 0 atom stereocenters. The van der Waals surface area contributed by atoms with Crippen LogP contribution in [0.25, 0.3) is 23.0 Å². The smallest absolute Gasteiger partial charge is 0.278 e. The zero-order chi connectivity index (χ0) is 11.7. The first-order valence-electron chi connectivity index (χ1n) is 5.24. The number of aromatic nitrogens is 4. The Morgan fingerprint density at radius 1 is 1.18 bits per heavy atom. The minimum atomic E-state index is 0.424. The van der Waals surface area contributed by atoms with Gasteiger partial charge in [-0.25, -0.2) is 0 Å². The third kappa shape index (κ3) is 1.82. The zero-order valence-corrected chi connectivity index (χ0v) is 9.21. The number of rotatable bonds is 2. The fourth-order valence-corrected chi connectivity index (χ4v) is 1.56. The van der Waals surface area contributed by atoms with E-state index < -0.39 is 0 Å². The van der Waals surface area contributed by atoms with Gasteiger partial charge in [0.05, 0.1) is 0 Å². The molecular weight excluding hydrogens is 216 g/mol. The molecule has 0 spiro atoms. The fourth-order valence-electron chi connectivity index (χ4n) is 1.56. The van der Waals surface area contributed by atoms with E-state index in [2.05, 4.69) is 20.3 Å². The van der Waals surface area contributed by atoms with Crippen LogP contribution in [0.15, 0.2) is 40.9 Å². The van der Waals surface area contributed by atoms with Crippen LogP contribution >= 0.6 is 0 Å². The van der Waals surface area contributed by atoms with Gasteiger partial charge in [0.2, 0.25) is 5.82 Å². The second-order valence-electron chi connectivity index (χ2n) is 3.73. The van der Waals surface area contributed by atoms with Gasteiger partial charge in [0.15, 0.2) is 5.69 Å². The van der Waals surface area contributed by atoms with Crippen LogP contribution < -0.4 is 0 Å². The van der Waals surface area contributed by atoms with Crippen molar-refractivity contribution >= 4 is 0 Å². The fraction of sp³-hybridized carbons (Fsp3) is 0.0833. The van der Waals surface area contributed by atoms with Gasteiger partial charge in [-0.3, -0.25) is 5.10 Å². The van der Waals surface area contributed by atoms with E-state index >= 15 is 0 Å². The van der Waals surface area contributed by atoms with Crippen molar-refractivity contribution in [1.82, 2.24) is 20.3 Å². The lowest BCUT2D eigenvalue weighted by molar-refractivity contribution is 0.431. The predicted molar refractivity (Wildman–Crippen MR) is 62.1 cm³/mol. The van der Waals surface area contributed by atoms with Crippen LogP contribution in [0.5, 0.6) is 0 Å². The lowest BCUT2D eigenvalue weighted by Crippen LogP contribution is -1.80. The Labute approximate surface area is 97.5 Å². The molecule has 0 aliphatic heterocycles. The predicted octanol–water partition coefficient (Wildman–Crippen LogP) is 2.44. The average molecular weight is 226 g/mol. The third-order valence-corrected chi connectivity index (χ3v) is 2.38. The van der Waals surface area contributed by atoms with Gasteiger partial charge in [0, 0.05) is 11.3 Å². The van der Waals surface area contributed by atoms with E-state index in [9.17, 15) is 0 Å². The van der Waals surface area contributed by atoms with Crippen LogP contribution in [-0.2, 0) is 0 Å². The Balaban J connectivity index is 1.99. The molecule has 0 aliphatic carbocycles. The third-order valence-electron chi connectivity index (χ3n) is 2.38. The highest BCUT2D eigenvalue weighted by atomic mass is 16.5. The summed E-state index contributed by atoms with van der Waals surface area (Å²) in [6, 6.07) is 11.5. The molecule has 0 saturated carbocycles. The first-order valence-corrected chi connectivity index (χ1v) is 5.24. The first-order chi connectivity index (χ1) is 8.33. The molecule has 0 unspecified atom stereocenters. The van der Waals surface area contributed by atoms with Crippen LogP contribution in [0.4, 0.5) is 0 Å². The van der Waals surface area contributed by atoms with Crippen LogP contribution in [0.3, 0.4) is 0 Å². The van der Waals surface area contributed by atoms with Gasteiger partial charge in [-0.15, -0.1) is 0 Å². The Hall–Kier alpha value is -2.43. The molecule has 2 aromatic heterocycles. The first kappa shape index (κ1) is 9.77. The molecule has 17 heavy (non-hydrogen) atoms. The lowest BCUT2D eigenvalue weighted by atomic mass is 10.2. The molecule has 0 aliphatic rings. The minimum Gasteiger partial charge on any atom is -0.332 e. The second kappa shape index (κ2) is 3.86. The molecule has 3 rings (SSSR count). The van der Waals surface area contributed by atoms with E-state index in [1.54, 1.807) is 0 Å². The normalized spacial score (nSPS) is 10.6. The Morgan fingerprint density at radius 3 is 2.71 bits per heavy atom. The van der Waals surface area contributed by atoms with Gasteiger partial charge in [-0.2, -0.15) is 10.1 Å². The number of benzene rings is 1. The zero-order valence-electron chi connectivity index (χ0n) is 9.21. The molecule has 0 fully saturated rings. The van der Waals surface area contributed by atoms with Gasteiger partial charge in [-0.1, -0.05) is 35.5 Å². The van der Waals surface area contributed by atoms with Crippen molar-refractivity contribution < 1.29 is 4.52 Å². The molecule has 0 bridgehead atoms. The molecular formula is C12H10N4O. The van der Waals surface area contributed by atoms with Crippen molar-refractivity contribution in [3.8, 4) is 23.0 Å². The number of H-pyrrole nitrogens is 1. The van der Waals surface area contributed by atoms with Gasteiger partial charge in [-0.05, 0) is 13.0 Å². The van der Waals surface area contributed by atoms with Crippen molar-refractivity contribution in [2.24, 2.45) is 0 Å². The summed E-state index contributed by atoms with van der Waals surface area (Å²) in [5.41, 5.74) is 2.55. The number of nitrogens with one attached hydrogen (secondary N) is 1. The number of hydrogen-bond donors (Lipinski definition) is 1. The molecule has 2 heterocycles. The lowest BCUT2D eigenvalue weighted by Gasteiger charge is -1.89. The number of hydrogen-bond acceptors (Lipinski definition) is 4. The molecule has 5 heteroatoms. The van der Waals surface area contributed by atoms with Crippen molar-refractivity contribution in [1.29, 1.82) is 0 Å². The number of nitrogens with zero attached hydrogens (tertiary/aromatic N) is 3. The summed E-state index contributed by atoms with van der Waals surface area (Å²) in [5, 5.41) is 10.8. The van der Waals surface area contributed by atoms with Gasteiger partial charge >= 0.3 is 0 Å². The van der Waals surface area contributed by atoms with Gasteiger partial charge in [0.1, 0.15) is 0 Å².